The fraction of sp³-hybridized carbons (Fsp3) is 0. The normalized spacial score (nSPS) is 10.5. The summed E-state index contributed by atoms with van der Waals surface area (Å²) in [6, 6.07) is 3.63. The first-order chi connectivity index (χ1) is 8.00. The number of halogens is 3. The Kier molecular flexibility index (Phi) is 2.93. The van der Waals surface area contributed by atoms with Crippen LogP contribution >= 0.6 is 15.9 Å². The zero-order valence-electron chi connectivity index (χ0n) is 8.30. The van der Waals surface area contributed by atoms with Crippen molar-refractivity contribution in [2.24, 2.45) is 5.73 Å². The molecule has 0 bridgehead atoms. The maximum atomic E-state index is 13.7. The Morgan fingerprint density at radius 2 is 2.12 bits per heavy atom. The van der Waals surface area contributed by atoms with Gasteiger partial charge in [0.05, 0.1) is 10.2 Å². The van der Waals surface area contributed by atoms with E-state index in [2.05, 4.69) is 26.1 Å². The largest absolute Gasteiger partial charge is 0.364 e. The fourth-order valence-electron chi connectivity index (χ4n) is 1.31. The highest BCUT2D eigenvalue weighted by molar-refractivity contribution is 9.10. The minimum Gasteiger partial charge on any atom is -0.364 e. The van der Waals surface area contributed by atoms with Crippen LogP contribution in [-0.2, 0) is 0 Å². The topological polar surface area (TPSA) is 71.8 Å². The summed E-state index contributed by atoms with van der Waals surface area (Å²) in [5, 5.41) is 6.09. The number of hydrogen-bond acceptors (Lipinski definition) is 2. The number of benzene rings is 1. The van der Waals surface area contributed by atoms with Gasteiger partial charge in [-0.15, -0.1) is 0 Å². The number of aromatic amines is 1. The zero-order chi connectivity index (χ0) is 12.6. The van der Waals surface area contributed by atoms with Gasteiger partial charge in [-0.05, 0) is 34.1 Å². The second-order valence-corrected chi connectivity index (χ2v) is 4.05. The summed E-state index contributed by atoms with van der Waals surface area (Å²) in [4.78, 5) is 10.8. The molecule has 2 rings (SSSR count). The SMILES string of the molecule is NC(=O)c1cc(-c2ccc(F)c(Br)c2F)n[nH]1. The van der Waals surface area contributed by atoms with Crippen LogP contribution in [0.1, 0.15) is 10.5 Å². The molecular weight excluding hydrogens is 296 g/mol. The highest BCUT2D eigenvalue weighted by Crippen LogP contribution is 2.28. The van der Waals surface area contributed by atoms with Gasteiger partial charge in [0, 0.05) is 5.56 Å². The van der Waals surface area contributed by atoms with E-state index in [0.29, 0.717) is 0 Å². The molecule has 0 radical (unpaired) electrons. The van der Waals surface area contributed by atoms with Crippen LogP contribution in [-0.4, -0.2) is 16.1 Å². The van der Waals surface area contributed by atoms with Crippen LogP contribution in [0.4, 0.5) is 8.78 Å². The van der Waals surface area contributed by atoms with Crippen molar-refractivity contribution in [2.75, 3.05) is 0 Å². The second kappa shape index (κ2) is 4.25. The van der Waals surface area contributed by atoms with Gasteiger partial charge in [0.15, 0.2) is 0 Å². The average molecular weight is 302 g/mol. The van der Waals surface area contributed by atoms with Crippen LogP contribution in [0.5, 0.6) is 0 Å². The Balaban J connectivity index is 2.53. The van der Waals surface area contributed by atoms with Crippen molar-refractivity contribution in [2.45, 2.75) is 0 Å². The number of aromatic nitrogens is 2. The summed E-state index contributed by atoms with van der Waals surface area (Å²) in [6.45, 7) is 0. The fourth-order valence-corrected chi connectivity index (χ4v) is 1.66. The number of carbonyl (C=O) groups excluding carboxylic acids is 1. The van der Waals surface area contributed by atoms with Gasteiger partial charge >= 0.3 is 0 Å². The number of rotatable bonds is 2. The van der Waals surface area contributed by atoms with Crippen molar-refractivity contribution in [3.05, 3.63) is 40.0 Å². The molecule has 2 aromatic rings. The number of nitrogens with zero attached hydrogens (tertiary/aromatic N) is 1. The monoisotopic (exact) mass is 301 g/mol. The van der Waals surface area contributed by atoms with Crippen LogP contribution in [0.15, 0.2) is 22.7 Å². The van der Waals surface area contributed by atoms with E-state index in [1.807, 2.05) is 0 Å². The Morgan fingerprint density at radius 3 is 2.71 bits per heavy atom. The summed E-state index contributed by atoms with van der Waals surface area (Å²) in [7, 11) is 0. The van der Waals surface area contributed by atoms with Crippen LogP contribution in [0.3, 0.4) is 0 Å². The number of hydrogen-bond donors (Lipinski definition) is 2. The Labute approximate surface area is 103 Å². The molecule has 0 unspecified atom stereocenters. The maximum absolute atomic E-state index is 13.7. The molecule has 0 aliphatic rings. The number of nitrogens with two attached hydrogens (primary N) is 1. The third kappa shape index (κ3) is 2.05. The summed E-state index contributed by atoms with van der Waals surface area (Å²) < 4.78 is 26.4. The first-order valence-corrected chi connectivity index (χ1v) is 5.29. The van der Waals surface area contributed by atoms with Gasteiger partial charge in [0.2, 0.25) is 0 Å². The van der Waals surface area contributed by atoms with Crippen molar-refractivity contribution < 1.29 is 13.6 Å². The smallest absolute Gasteiger partial charge is 0.266 e. The molecule has 0 atom stereocenters. The lowest BCUT2D eigenvalue weighted by molar-refractivity contribution is 0.0995. The molecule has 88 valence electrons. The van der Waals surface area contributed by atoms with Crippen LogP contribution < -0.4 is 5.73 Å². The molecule has 1 aromatic carbocycles. The molecule has 1 aromatic heterocycles. The van der Waals surface area contributed by atoms with E-state index in [9.17, 15) is 13.6 Å². The second-order valence-electron chi connectivity index (χ2n) is 3.25. The predicted molar refractivity (Wildman–Crippen MR) is 60.2 cm³/mol. The van der Waals surface area contributed by atoms with E-state index in [-0.39, 0.29) is 21.4 Å². The maximum Gasteiger partial charge on any atom is 0.266 e. The van der Waals surface area contributed by atoms with Crippen LogP contribution in [0.25, 0.3) is 11.3 Å². The number of carbonyl (C=O) groups is 1. The van der Waals surface area contributed by atoms with Gasteiger partial charge in [0.25, 0.3) is 5.91 Å². The lowest BCUT2D eigenvalue weighted by Crippen LogP contribution is -2.10. The first-order valence-electron chi connectivity index (χ1n) is 4.49. The predicted octanol–water partition coefficient (Wildman–Crippen LogP) is 2.22. The third-order valence-corrected chi connectivity index (χ3v) is 2.88. The molecule has 1 amide bonds. The van der Waals surface area contributed by atoms with E-state index in [0.717, 1.165) is 6.07 Å². The van der Waals surface area contributed by atoms with Gasteiger partial charge in [0.1, 0.15) is 17.3 Å². The van der Waals surface area contributed by atoms with Crippen LogP contribution in [0, 0.1) is 11.6 Å². The summed E-state index contributed by atoms with van der Waals surface area (Å²) in [5.74, 6) is -2.20. The van der Waals surface area contributed by atoms with Gasteiger partial charge in [-0.3, -0.25) is 9.89 Å². The molecule has 0 aliphatic carbocycles. The Morgan fingerprint density at radius 1 is 1.41 bits per heavy atom. The minimum atomic E-state index is -0.785. The van der Waals surface area contributed by atoms with Gasteiger partial charge in [-0.2, -0.15) is 5.10 Å². The molecule has 0 fully saturated rings. The van der Waals surface area contributed by atoms with E-state index in [4.69, 9.17) is 5.73 Å². The van der Waals surface area contributed by atoms with E-state index in [1.165, 1.54) is 12.1 Å². The third-order valence-electron chi connectivity index (χ3n) is 2.15. The molecule has 0 saturated heterocycles. The standard InChI is InChI=1S/C10H6BrF2N3O/c11-8-5(12)2-1-4(9(8)13)6-3-7(10(14)17)16-15-6/h1-3H,(H2,14,17)(H,15,16). The molecule has 17 heavy (non-hydrogen) atoms. The summed E-state index contributed by atoms with van der Waals surface area (Å²) in [5.41, 5.74) is 5.33. The van der Waals surface area contributed by atoms with E-state index in [1.54, 1.807) is 0 Å². The highest BCUT2D eigenvalue weighted by atomic mass is 79.9. The van der Waals surface area contributed by atoms with Gasteiger partial charge in [-0.1, -0.05) is 0 Å². The van der Waals surface area contributed by atoms with Crippen molar-refractivity contribution in [3.63, 3.8) is 0 Å². The van der Waals surface area contributed by atoms with E-state index < -0.39 is 17.5 Å². The average Bonchev–Trinajstić information content (AvgIpc) is 2.75. The Hall–Kier alpha value is -1.76. The number of nitrogens with one attached hydrogen (secondary N) is 1. The lowest BCUT2D eigenvalue weighted by atomic mass is 10.1. The molecule has 0 spiro atoms. The van der Waals surface area contributed by atoms with Gasteiger partial charge < -0.3 is 5.73 Å². The van der Waals surface area contributed by atoms with Crippen molar-refractivity contribution >= 4 is 21.8 Å². The molecule has 0 aliphatic heterocycles. The zero-order valence-corrected chi connectivity index (χ0v) is 9.88. The van der Waals surface area contributed by atoms with Crippen molar-refractivity contribution in [1.82, 2.24) is 10.2 Å². The minimum absolute atomic E-state index is 0.0554. The molecular formula is C10H6BrF2N3O. The summed E-state index contributed by atoms with van der Waals surface area (Å²) in [6.07, 6.45) is 0. The number of primary amides is 1. The quantitative estimate of drug-likeness (QED) is 0.835. The number of amides is 1. The van der Waals surface area contributed by atoms with Crippen molar-refractivity contribution in [3.8, 4) is 11.3 Å². The van der Waals surface area contributed by atoms with Crippen LogP contribution in [0.2, 0.25) is 0 Å². The first kappa shape index (κ1) is 11.7. The molecule has 3 N–H and O–H groups in total. The molecule has 0 saturated carbocycles. The number of H-pyrrole nitrogens is 1. The summed E-state index contributed by atoms with van der Waals surface area (Å²) >= 11 is 2.78. The van der Waals surface area contributed by atoms with E-state index >= 15 is 0 Å². The highest BCUT2D eigenvalue weighted by Gasteiger charge is 2.16. The van der Waals surface area contributed by atoms with Gasteiger partial charge in [-0.25, -0.2) is 8.78 Å². The Bertz CT molecular complexity index is 597. The molecule has 7 heteroatoms. The molecule has 1 heterocycles. The van der Waals surface area contributed by atoms with Crippen molar-refractivity contribution in [1.29, 1.82) is 0 Å². The molecule has 4 nitrogen and oxygen atoms in total. The lowest BCUT2D eigenvalue weighted by Gasteiger charge is -2.01.